The largest absolute Gasteiger partial charge is 0.328 e. The van der Waals surface area contributed by atoms with Gasteiger partial charge in [0.1, 0.15) is 5.82 Å². The minimum absolute atomic E-state index is 0.389. The third kappa shape index (κ3) is 1.93. The Morgan fingerprint density at radius 1 is 1.33 bits per heavy atom. The van der Waals surface area contributed by atoms with Crippen molar-refractivity contribution in [2.24, 2.45) is 11.7 Å². The molecule has 1 heterocycles. The molecule has 2 unspecified atom stereocenters. The van der Waals surface area contributed by atoms with Crippen LogP contribution in [0.15, 0.2) is 24.3 Å². The Kier molecular flexibility index (Phi) is 3.08. The first kappa shape index (κ1) is 11.7. The van der Waals surface area contributed by atoms with E-state index in [1.807, 2.05) is 0 Å². The van der Waals surface area contributed by atoms with Gasteiger partial charge in [-0.3, -0.25) is 0 Å². The number of imidazole rings is 1. The molecule has 0 radical (unpaired) electrons. The van der Waals surface area contributed by atoms with Gasteiger partial charge in [-0.2, -0.15) is 0 Å². The number of aryl methyl sites for hydroxylation is 1. The van der Waals surface area contributed by atoms with Crippen LogP contribution in [-0.2, 0) is 13.0 Å². The number of fused-ring (bicyclic) bond motifs is 1. The Hall–Kier alpha value is -1.35. The molecule has 18 heavy (non-hydrogen) atoms. The number of aromatic nitrogens is 2. The summed E-state index contributed by atoms with van der Waals surface area (Å²) in [7, 11) is 0. The van der Waals surface area contributed by atoms with Crippen LogP contribution < -0.4 is 5.73 Å². The molecule has 2 aromatic rings. The van der Waals surface area contributed by atoms with Crippen molar-refractivity contribution in [3.05, 3.63) is 30.1 Å². The van der Waals surface area contributed by atoms with Gasteiger partial charge < -0.3 is 10.3 Å². The van der Waals surface area contributed by atoms with Gasteiger partial charge in [0.15, 0.2) is 0 Å². The summed E-state index contributed by atoms with van der Waals surface area (Å²) in [6, 6.07) is 8.81. The standard InChI is InChI=1S/C15H21N3/c1-2-9-18-14-6-4-3-5-13(14)17-15(18)10-11-7-8-12(11)16/h3-6,11-12H,2,7-10,16H2,1H3. The normalized spacial score (nSPS) is 23.2. The zero-order chi connectivity index (χ0) is 12.5. The average Bonchev–Trinajstić information content (AvgIpc) is 2.73. The minimum atomic E-state index is 0.389. The second-order valence-electron chi connectivity index (χ2n) is 5.37. The maximum atomic E-state index is 6.05. The van der Waals surface area contributed by atoms with Gasteiger partial charge in [0.2, 0.25) is 0 Å². The molecule has 3 nitrogen and oxygen atoms in total. The van der Waals surface area contributed by atoms with E-state index in [-0.39, 0.29) is 0 Å². The smallest absolute Gasteiger partial charge is 0.110 e. The van der Waals surface area contributed by atoms with Gasteiger partial charge in [-0.1, -0.05) is 19.1 Å². The Balaban J connectivity index is 1.96. The number of hydrogen-bond donors (Lipinski definition) is 1. The SMILES string of the molecule is CCCn1c(CC2CCC2N)nc2ccccc21. The summed E-state index contributed by atoms with van der Waals surface area (Å²) in [6.07, 6.45) is 4.62. The van der Waals surface area contributed by atoms with Crippen LogP contribution in [0.2, 0.25) is 0 Å². The van der Waals surface area contributed by atoms with Crippen LogP contribution in [0, 0.1) is 5.92 Å². The molecule has 0 saturated heterocycles. The van der Waals surface area contributed by atoms with Gasteiger partial charge in [0, 0.05) is 19.0 Å². The maximum absolute atomic E-state index is 6.05. The number of nitrogens with zero attached hydrogens (tertiary/aromatic N) is 2. The molecule has 1 fully saturated rings. The van der Waals surface area contributed by atoms with Crippen LogP contribution in [0.4, 0.5) is 0 Å². The molecule has 1 aliphatic rings. The number of nitrogens with two attached hydrogens (primary N) is 1. The summed E-state index contributed by atoms with van der Waals surface area (Å²) in [4.78, 5) is 4.79. The highest BCUT2D eigenvalue weighted by Crippen LogP contribution is 2.30. The van der Waals surface area contributed by atoms with Crippen LogP contribution in [0.1, 0.15) is 32.0 Å². The average molecular weight is 243 g/mol. The highest BCUT2D eigenvalue weighted by molar-refractivity contribution is 5.75. The van der Waals surface area contributed by atoms with Crippen LogP contribution in [-0.4, -0.2) is 15.6 Å². The van der Waals surface area contributed by atoms with Crippen molar-refractivity contribution in [2.45, 2.75) is 45.2 Å². The number of hydrogen-bond acceptors (Lipinski definition) is 2. The number of rotatable bonds is 4. The molecular weight excluding hydrogens is 222 g/mol. The second kappa shape index (κ2) is 4.73. The van der Waals surface area contributed by atoms with Gasteiger partial charge >= 0.3 is 0 Å². The summed E-state index contributed by atoms with van der Waals surface area (Å²) in [6.45, 7) is 3.27. The first-order valence-electron chi connectivity index (χ1n) is 6.99. The molecule has 1 aliphatic carbocycles. The molecule has 0 aliphatic heterocycles. The predicted octanol–water partition coefficient (Wildman–Crippen LogP) is 2.73. The van der Waals surface area contributed by atoms with Crippen molar-refractivity contribution in [3.63, 3.8) is 0 Å². The molecule has 1 aromatic heterocycles. The van der Waals surface area contributed by atoms with E-state index in [4.69, 9.17) is 10.7 Å². The van der Waals surface area contributed by atoms with Gasteiger partial charge in [-0.05, 0) is 37.3 Å². The van der Waals surface area contributed by atoms with Crippen LogP contribution in [0.5, 0.6) is 0 Å². The van der Waals surface area contributed by atoms with Crippen molar-refractivity contribution in [1.82, 2.24) is 9.55 Å². The molecule has 3 rings (SSSR count). The lowest BCUT2D eigenvalue weighted by Gasteiger charge is -2.33. The first-order valence-corrected chi connectivity index (χ1v) is 6.99. The topological polar surface area (TPSA) is 43.8 Å². The lowest BCUT2D eigenvalue weighted by molar-refractivity contribution is 0.250. The Morgan fingerprint density at radius 2 is 2.17 bits per heavy atom. The summed E-state index contributed by atoms with van der Waals surface area (Å²) in [5.41, 5.74) is 8.44. The van der Waals surface area contributed by atoms with Gasteiger partial charge in [-0.25, -0.2) is 4.98 Å². The number of benzene rings is 1. The van der Waals surface area contributed by atoms with Crippen molar-refractivity contribution in [1.29, 1.82) is 0 Å². The zero-order valence-corrected chi connectivity index (χ0v) is 11.0. The minimum Gasteiger partial charge on any atom is -0.328 e. The van der Waals surface area contributed by atoms with E-state index in [0.29, 0.717) is 12.0 Å². The third-order valence-electron chi connectivity index (χ3n) is 4.10. The Morgan fingerprint density at radius 3 is 2.83 bits per heavy atom. The first-order chi connectivity index (χ1) is 8.79. The van der Waals surface area contributed by atoms with Crippen molar-refractivity contribution >= 4 is 11.0 Å². The second-order valence-corrected chi connectivity index (χ2v) is 5.37. The van der Waals surface area contributed by atoms with E-state index < -0.39 is 0 Å². The lowest BCUT2D eigenvalue weighted by atomic mass is 9.78. The molecule has 0 spiro atoms. The molecule has 1 aromatic carbocycles. The maximum Gasteiger partial charge on any atom is 0.110 e. The quantitative estimate of drug-likeness (QED) is 0.897. The van der Waals surface area contributed by atoms with Crippen LogP contribution >= 0.6 is 0 Å². The van der Waals surface area contributed by atoms with Crippen molar-refractivity contribution < 1.29 is 0 Å². The van der Waals surface area contributed by atoms with E-state index in [2.05, 4.69) is 35.8 Å². The van der Waals surface area contributed by atoms with Gasteiger partial charge in [-0.15, -0.1) is 0 Å². The van der Waals surface area contributed by atoms with Gasteiger partial charge in [0.25, 0.3) is 0 Å². The summed E-state index contributed by atoms with van der Waals surface area (Å²) < 4.78 is 2.38. The van der Waals surface area contributed by atoms with E-state index in [1.165, 1.54) is 24.2 Å². The Labute approximate surface area is 108 Å². The molecule has 96 valence electrons. The van der Waals surface area contributed by atoms with E-state index in [0.717, 1.165) is 24.9 Å². The fourth-order valence-electron chi connectivity index (χ4n) is 2.84. The van der Waals surface area contributed by atoms with E-state index >= 15 is 0 Å². The van der Waals surface area contributed by atoms with Crippen molar-refractivity contribution in [2.75, 3.05) is 0 Å². The monoisotopic (exact) mass is 243 g/mol. The molecule has 1 saturated carbocycles. The van der Waals surface area contributed by atoms with Crippen LogP contribution in [0.25, 0.3) is 11.0 Å². The van der Waals surface area contributed by atoms with Gasteiger partial charge in [0.05, 0.1) is 11.0 Å². The fraction of sp³-hybridized carbons (Fsp3) is 0.533. The summed E-state index contributed by atoms with van der Waals surface area (Å²) >= 11 is 0. The fourth-order valence-corrected chi connectivity index (χ4v) is 2.84. The van der Waals surface area contributed by atoms with Crippen LogP contribution in [0.3, 0.4) is 0 Å². The molecule has 2 atom stereocenters. The van der Waals surface area contributed by atoms with E-state index in [9.17, 15) is 0 Å². The lowest BCUT2D eigenvalue weighted by Crippen LogP contribution is -2.40. The van der Waals surface area contributed by atoms with Crippen molar-refractivity contribution in [3.8, 4) is 0 Å². The third-order valence-corrected chi connectivity index (χ3v) is 4.10. The molecule has 0 bridgehead atoms. The molecule has 0 amide bonds. The highest BCUT2D eigenvalue weighted by Gasteiger charge is 2.29. The molecular formula is C15H21N3. The number of para-hydroxylation sites is 2. The zero-order valence-electron chi connectivity index (χ0n) is 11.0. The summed E-state index contributed by atoms with van der Waals surface area (Å²) in [5, 5.41) is 0. The highest BCUT2D eigenvalue weighted by atomic mass is 15.1. The Bertz CT molecular complexity index is 544. The van der Waals surface area contributed by atoms with E-state index in [1.54, 1.807) is 0 Å². The summed E-state index contributed by atoms with van der Waals surface area (Å²) in [5.74, 6) is 1.86. The predicted molar refractivity (Wildman–Crippen MR) is 74.4 cm³/mol. The molecule has 2 N–H and O–H groups in total. The molecule has 3 heteroatoms.